The molecule has 0 fully saturated rings. The summed E-state index contributed by atoms with van der Waals surface area (Å²) in [4.78, 5) is 23.7. The number of nitrogens with two attached hydrogens (primary N) is 1. The number of rotatable bonds is 7. The fraction of sp³-hybridized carbons (Fsp3) is 0.500. The second-order valence-electron chi connectivity index (χ2n) is 5.36. The fourth-order valence-electron chi connectivity index (χ4n) is 1.93. The minimum absolute atomic E-state index is 0. The fourth-order valence-corrected chi connectivity index (χ4v) is 1.93. The van der Waals surface area contributed by atoms with Gasteiger partial charge in [-0.1, -0.05) is 17.7 Å². The van der Waals surface area contributed by atoms with E-state index in [1.807, 2.05) is 39.0 Å². The highest BCUT2D eigenvalue weighted by Crippen LogP contribution is 2.13. The van der Waals surface area contributed by atoms with E-state index in [9.17, 15) is 9.59 Å². The van der Waals surface area contributed by atoms with Crippen molar-refractivity contribution in [3.8, 4) is 0 Å². The number of hydrogen-bond acceptors (Lipinski definition) is 3. The van der Waals surface area contributed by atoms with E-state index in [0.717, 1.165) is 17.5 Å². The van der Waals surface area contributed by atoms with Gasteiger partial charge < -0.3 is 11.1 Å². The minimum Gasteiger partial charge on any atom is -0.356 e. The van der Waals surface area contributed by atoms with Crippen molar-refractivity contribution in [3.63, 3.8) is 0 Å². The largest absolute Gasteiger partial charge is 0.356 e. The third-order valence-corrected chi connectivity index (χ3v) is 3.19. The summed E-state index contributed by atoms with van der Waals surface area (Å²) in [5, 5.41) is 2.78. The number of carbonyl (C=O) groups is 2. The number of halogens is 1. The van der Waals surface area contributed by atoms with E-state index in [2.05, 4.69) is 5.32 Å². The van der Waals surface area contributed by atoms with Crippen LogP contribution < -0.4 is 11.1 Å². The monoisotopic (exact) mass is 312 g/mol. The average molecular weight is 313 g/mol. The van der Waals surface area contributed by atoms with Crippen LogP contribution in [-0.4, -0.2) is 24.3 Å². The first-order valence-electron chi connectivity index (χ1n) is 7.03. The molecule has 0 saturated carbocycles. The zero-order chi connectivity index (χ0) is 15.1. The van der Waals surface area contributed by atoms with Gasteiger partial charge in [-0.2, -0.15) is 0 Å². The maximum Gasteiger partial charge on any atom is 0.220 e. The molecule has 0 aliphatic heterocycles. The van der Waals surface area contributed by atoms with Crippen molar-refractivity contribution in [1.82, 2.24) is 5.32 Å². The molecule has 0 spiro atoms. The van der Waals surface area contributed by atoms with E-state index in [-0.39, 0.29) is 43.0 Å². The Labute approximate surface area is 132 Å². The van der Waals surface area contributed by atoms with Gasteiger partial charge >= 0.3 is 0 Å². The summed E-state index contributed by atoms with van der Waals surface area (Å²) < 4.78 is 0. The first-order valence-corrected chi connectivity index (χ1v) is 7.03. The van der Waals surface area contributed by atoms with Gasteiger partial charge in [-0.25, -0.2) is 0 Å². The summed E-state index contributed by atoms with van der Waals surface area (Å²) in [7, 11) is 0. The first kappa shape index (κ1) is 19.6. The number of hydrogen-bond donors (Lipinski definition) is 2. The SMILES string of the molecule is Cc1ccc(C)c(C(=O)CCC(=O)NCCC(C)N)c1.Cl. The van der Waals surface area contributed by atoms with E-state index in [1.54, 1.807) is 0 Å². The van der Waals surface area contributed by atoms with Gasteiger partial charge in [-0.3, -0.25) is 9.59 Å². The summed E-state index contributed by atoms with van der Waals surface area (Å²) in [6, 6.07) is 5.87. The Morgan fingerprint density at radius 1 is 1.24 bits per heavy atom. The molecule has 1 aromatic rings. The third kappa shape index (κ3) is 7.25. The van der Waals surface area contributed by atoms with Gasteiger partial charge in [0.25, 0.3) is 0 Å². The van der Waals surface area contributed by atoms with Crippen molar-refractivity contribution in [2.24, 2.45) is 5.73 Å². The standard InChI is InChI=1S/C16H24N2O2.ClH/c1-11-4-5-12(2)14(10-11)15(19)6-7-16(20)18-9-8-13(3)17;/h4-5,10,13H,6-9,17H2,1-3H3,(H,18,20);1H. The summed E-state index contributed by atoms with van der Waals surface area (Å²) in [6.45, 7) is 6.33. The molecule has 0 aliphatic rings. The average Bonchev–Trinajstić information content (AvgIpc) is 2.38. The molecule has 3 N–H and O–H groups in total. The molecule has 0 bridgehead atoms. The van der Waals surface area contributed by atoms with E-state index in [1.165, 1.54) is 0 Å². The first-order chi connectivity index (χ1) is 9.40. The molecule has 1 aromatic carbocycles. The van der Waals surface area contributed by atoms with Gasteiger partial charge in [-0.15, -0.1) is 12.4 Å². The van der Waals surface area contributed by atoms with Gasteiger partial charge in [-0.05, 0) is 38.8 Å². The lowest BCUT2D eigenvalue weighted by Gasteiger charge is -2.08. The maximum absolute atomic E-state index is 12.1. The summed E-state index contributed by atoms with van der Waals surface area (Å²) >= 11 is 0. The number of nitrogens with one attached hydrogen (secondary N) is 1. The Morgan fingerprint density at radius 2 is 1.90 bits per heavy atom. The van der Waals surface area contributed by atoms with Crippen molar-refractivity contribution in [2.75, 3.05) is 6.54 Å². The topological polar surface area (TPSA) is 72.2 Å². The highest BCUT2D eigenvalue weighted by Gasteiger charge is 2.11. The number of ketones is 1. The van der Waals surface area contributed by atoms with Gasteiger partial charge in [0, 0.05) is 31.0 Å². The highest BCUT2D eigenvalue weighted by atomic mass is 35.5. The van der Waals surface area contributed by atoms with Crippen LogP contribution in [0.2, 0.25) is 0 Å². The molecule has 5 heteroatoms. The van der Waals surface area contributed by atoms with Crippen molar-refractivity contribution in [3.05, 3.63) is 34.9 Å². The van der Waals surface area contributed by atoms with Crippen LogP contribution >= 0.6 is 12.4 Å². The molecule has 0 aliphatic carbocycles. The molecule has 1 unspecified atom stereocenters. The number of aryl methyl sites for hydroxylation is 2. The molecule has 0 heterocycles. The normalized spacial score (nSPS) is 11.4. The predicted octanol–water partition coefficient (Wildman–Crippen LogP) is 2.54. The molecule has 0 saturated heterocycles. The number of Topliss-reactive ketones (excluding diaryl/α,β-unsaturated/α-hetero) is 1. The molecule has 0 radical (unpaired) electrons. The van der Waals surface area contributed by atoms with Crippen LogP contribution in [0.4, 0.5) is 0 Å². The molecule has 0 aromatic heterocycles. The molecule has 118 valence electrons. The number of benzene rings is 1. The highest BCUT2D eigenvalue weighted by molar-refractivity contribution is 5.99. The molecule has 1 amide bonds. The Morgan fingerprint density at radius 3 is 2.52 bits per heavy atom. The smallest absolute Gasteiger partial charge is 0.220 e. The van der Waals surface area contributed by atoms with E-state index < -0.39 is 0 Å². The molecular formula is C16H25ClN2O2. The second-order valence-corrected chi connectivity index (χ2v) is 5.36. The molecule has 21 heavy (non-hydrogen) atoms. The van der Waals surface area contributed by atoms with Crippen molar-refractivity contribution >= 4 is 24.1 Å². The lowest BCUT2D eigenvalue weighted by atomic mass is 9.99. The van der Waals surface area contributed by atoms with Crippen LogP contribution in [0.3, 0.4) is 0 Å². The molecular weight excluding hydrogens is 288 g/mol. The van der Waals surface area contributed by atoms with Crippen LogP contribution in [0.15, 0.2) is 18.2 Å². The Bertz CT molecular complexity index is 487. The van der Waals surface area contributed by atoms with Crippen molar-refractivity contribution < 1.29 is 9.59 Å². The molecule has 1 atom stereocenters. The number of carbonyl (C=O) groups excluding carboxylic acids is 2. The second kappa shape index (κ2) is 9.53. The summed E-state index contributed by atoms with van der Waals surface area (Å²) in [5.74, 6) is -0.0714. The summed E-state index contributed by atoms with van der Waals surface area (Å²) in [6.07, 6.45) is 1.22. The lowest BCUT2D eigenvalue weighted by Crippen LogP contribution is -2.29. The zero-order valence-corrected chi connectivity index (χ0v) is 13.8. The van der Waals surface area contributed by atoms with E-state index >= 15 is 0 Å². The minimum atomic E-state index is -0.0932. The molecule has 1 rings (SSSR count). The van der Waals surface area contributed by atoms with Gasteiger partial charge in [0.2, 0.25) is 5.91 Å². The van der Waals surface area contributed by atoms with Crippen LogP contribution in [0.5, 0.6) is 0 Å². The molecule has 4 nitrogen and oxygen atoms in total. The van der Waals surface area contributed by atoms with Crippen LogP contribution in [-0.2, 0) is 4.79 Å². The Hall–Kier alpha value is -1.39. The van der Waals surface area contributed by atoms with Gasteiger partial charge in [0.1, 0.15) is 0 Å². The number of amides is 1. The maximum atomic E-state index is 12.1. The van der Waals surface area contributed by atoms with E-state index in [0.29, 0.717) is 12.1 Å². The lowest BCUT2D eigenvalue weighted by molar-refractivity contribution is -0.121. The Balaban J connectivity index is 0.00000400. The van der Waals surface area contributed by atoms with Crippen molar-refractivity contribution in [1.29, 1.82) is 0 Å². The van der Waals surface area contributed by atoms with Gasteiger partial charge in [0.05, 0.1) is 0 Å². The van der Waals surface area contributed by atoms with Crippen LogP contribution in [0.1, 0.15) is 47.7 Å². The zero-order valence-electron chi connectivity index (χ0n) is 12.9. The predicted molar refractivity (Wildman–Crippen MR) is 88.0 cm³/mol. The van der Waals surface area contributed by atoms with Gasteiger partial charge in [0.15, 0.2) is 5.78 Å². The van der Waals surface area contributed by atoms with E-state index in [4.69, 9.17) is 5.73 Å². The van der Waals surface area contributed by atoms with Crippen LogP contribution in [0.25, 0.3) is 0 Å². The van der Waals surface area contributed by atoms with Crippen molar-refractivity contribution in [2.45, 2.75) is 46.1 Å². The van der Waals surface area contributed by atoms with Crippen LogP contribution in [0, 0.1) is 13.8 Å². The Kier molecular flexibility index (Phi) is 8.90. The summed E-state index contributed by atoms with van der Waals surface area (Å²) in [5.41, 5.74) is 8.33. The quantitative estimate of drug-likeness (QED) is 0.760. The third-order valence-electron chi connectivity index (χ3n) is 3.19.